The van der Waals surface area contributed by atoms with Crippen molar-refractivity contribution in [2.24, 2.45) is 5.73 Å². The molecular formula is C17H25N3O5S. The molecule has 5 N–H and O–H groups in total. The molecular weight excluding hydrogens is 358 g/mol. The number of rotatable bonds is 8. The van der Waals surface area contributed by atoms with Crippen LogP contribution in [0, 0.1) is 18.3 Å². The molecule has 9 heteroatoms. The molecule has 0 aliphatic rings. The number of nitrogens with two attached hydrogens (primary N) is 1. The zero-order valence-electron chi connectivity index (χ0n) is 14.9. The fraction of sp³-hybridized carbons (Fsp3) is 0.529. The highest BCUT2D eigenvalue weighted by molar-refractivity contribution is 7.99. The number of carboxylic acids is 2. The minimum absolute atomic E-state index is 0.00443. The number of hydrogen-bond donors (Lipinski definition) is 4. The highest BCUT2D eigenvalue weighted by atomic mass is 32.2. The molecule has 26 heavy (non-hydrogen) atoms. The minimum atomic E-state index is -1.82. The van der Waals surface area contributed by atoms with Gasteiger partial charge in [0.05, 0.1) is 12.2 Å². The van der Waals surface area contributed by atoms with E-state index in [1.165, 1.54) is 0 Å². The van der Waals surface area contributed by atoms with Crippen molar-refractivity contribution < 1.29 is 24.9 Å². The van der Waals surface area contributed by atoms with Crippen LogP contribution in [-0.2, 0) is 9.59 Å². The van der Waals surface area contributed by atoms with Crippen LogP contribution in [0.15, 0.2) is 17.2 Å². The van der Waals surface area contributed by atoms with Crippen LogP contribution in [0.5, 0.6) is 0 Å². The van der Waals surface area contributed by atoms with Crippen molar-refractivity contribution in [3.63, 3.8) is 0 Å². The Morgan fingerprint density at radius 3 is 2.42 bits per heavy atom. The molecule has 0 aliphatic heterocycles. The predicted molar refractivity (Wildman–Crippen MR) is 97.8 cm³/mol. The van der Waals surface area contributed by atoms with Crippen molar-refractivity contribution in [1.29, 1.82) is 5.26 Å². The monoisotopic (exact) mass is 383 g/mol. The van der Waals surface area contributed by atoms with Crippen LogP contribution in [0.2, 0.25) is 0 Å². The first-order chi connectivity index (χ1) is 12.2. The number of aliphatic carboxylic acids is 2. The number of aryl methyl sites for hydroxylation is 1. The van der Waals surface area contributed by atoms with Gasteiger partial charge in [0.25, 0.3) is 0 Å². The van der Waals surface area contributed by atoms with E-state index in [9.17, 15) is 0 Å². The molecule has 1 heterocycles. The number of carbonyl (C=O) groups is 2. The first kappa shape index (κ1) is 23.9. The molecule has 0 saturated carbocycles. The summed E-state index contributed by atoms with van der Waals surface area (Å²) in [5, 5.41) is 34.1. The Morgan fingerprint density at radius 2 is 1.96 bits per heavy atom. The summed E-state index contributed by atoms with van der Waals surface area (Å²) in [7, 11) is 0. The van der Waals surface area contributed by atoms with Crippen LogP contribution < -0.4 is 5.73 Å². The zero-order valence-corrected chi connectivity index (χ0v) is 15.7. The number of thioether (sulfide) groups is 1. The van der Waals surface area contributed by atoms with E-state index in [-0.39, 0.29) is 12.6 Å². The lowest BCUT2D eigenvalue weighted by atomic mass is 10.1. The molecule has 0 aliphatic carbocycles. The van der Waals surface area contributed by atoms with Crippen LogP contribution in [-0.4, -0.2) is 50.1 Å². The maximum Gasteiger partial charge on any atom is 0.414 e. The molecule has 0 radical (unpaired) electrons. The second kappa shape index (κ2) is 13.1. The topological polar surface area (TPSA) is 158 Å². The largest absolute Gasteiger partial charge is 0.473 e. The molecule has 0 saturated heterocycles. The van der Waals surface area contributed by atoms with E-state index in [1.54, 1.807) is 11.8 Å². The van der Waals surface area contributed by atoms with Crippen molar-refractivity contribution in [2.45, 2.75) is 55.8 Å². The van der Waals surface area contributed by atoms with Crippen LogP contribution in [0.25, 0.3) is 0 Å². The number of unbranched alkanes of at least 4 members (excludes halogenated alkanes) is 1. The molecule has 1 aromatic heterocycles. The van der Waals surface area contributed by atoms with Gasteiger partial charge < -0.3 is 21.1 Å². The summed E-state index contributed by atoms with van der Waals surface area (Å²) in [6.45, 7) is 4.07. The highest BCUT2D eigenvalue weighted by Gasteiger charge is 2.17. The molecule has 2 atom stereocenters. The number of nitriles is 1. The van der Waals surface area contributed by atoms with Crippen molar-refractivity contribution >= 4 is 23.7 Å². The van der Waals surface area contributed by atoms with Crippen molar-refractivity contribution in [1.82, 2.24) is 4.98 Å². The third kappa shape index (κ3) is 9.98. The molecule has 0 spiro atoms. The quantitative estimate of drug-likeness (QED) is 0.388. The number of carboxylic acid groups (broad SMARTS) is 2. The standard InChI is InChI=1S/C15H23N3OS.C2H2O4/c1-3-4-5-14(8-13(17)10-19)20-15-12(9-16)7-6-11(2)18-15;3-1(4)2(5)6/h6-7,13-14,19H,3-5,8,10,17H2,1-2H3;(H,3,4)(H,5,6)/t13-,14-;/m0./s1. The molecule has 144 valence electrons. The number of hydrogen-bond acceptors (Lipinski definition) is 7. The molecule has 0 unspecified atom stereocenters. The lowest BCUT2D eigenvalue weighted by Crippen LogP contribution is -2.28. The van der Waals surface area contributed by atoms with Gasteiger partial charge in [0.2, 0.25) is 0 Å². The highest BCUT2D eigenvalue weighted by Crippen LogP contribution is 2.30. The summed E-state index contributed by atoms with van der Waals surface area (Å²) in [4.78, 5) is 22.7. The van der Waals surface area contributed by atoms with Gasteiger partial charge in [-0.2, -0.15) is 5.26 Å². The van der Waals surface area contributed by atoms with Gasteiger partial charge in [-0.3, -0.25) is 0 Å². The van der Waals surface area contributed by atoms with Gasteiger partial charge in [0, 0.05) is 17.0 Å². The normalized spacial score (nSPS) is 12.3. The molecule has 0 bridgehead atoms. The molecule has 1 aromatic rings. The van der Waals surface area contributed by atoms with Gasteiger partial charge >= 0.3 is 11.9 Å². The van der Waals surface area contributed by atoms with Crippen LogP contribution >= 0.6 is 11.8 Å². The average molecular weight is 383 g/mol. The number of aromatic nitrogens is 1. The van der Waals surface area contributed by atoms with E-state index in [2.05, 4.69) is 18.0 Å². The van der Waals surface area contributed by atoms with Crippen molar-refractivity contribution in [3.8, 4) is 6.07 Å². The van der Waals surface area contributed by atoms with E-state index >= 15 is 0 Å². The SMILES string of the molecule is CCCC[C@@H](C[C@H](N)CO)Sc1nc(C)ccc1C#N.O=C(O)C(=O)O. The maximum absolute atomic E-state index is 9.16. The van der Waals surface area contributed by atoms with Gasteiger partial charge in [0.15, 0.2) is 0 Å². The van der Waals surface area contributed by atoms with Gasteiger partial charge in [-0.05, 0) is 31.9 Å². The average Bonchev–Trinajstić information content (AvgIpc) is 2.60. The fourth-order valence-corrected chi connectivity index (χ4v) is 3.32. The number of aliphatic hydroxyl groups is 1. The Labute approximate surface area is 157 Å². The second-order valence-corrected chi connectivity index (χ2v) is 6.88. The maximum atomic E-state index is 9.16. The fourth-order valence-electron chi connectivity index (χ4n) is 1.93. The Hall–Kier alpha value is -2.15. The van der Waals surface area contributed by atoms with Crippen molar-refractivity contribution in [3.05, 3.63) is 23.4 Å². The van der Waals surface area contributed by atoms with E-state index < -0.39 is 11.9 Å². The van der Waals surface area contributed by atoms with E-state index in [0.29, 0.717) is 10.8 Å². The second-order valence-electron chi connectivity index (χ2n) is 5.59. The van der Waals surface area contributed by atoms with Crippen molar-refractivity contribution in [2.75, 3.05) is 6.61 Å². The Balaban J connectivity index is 0.000000896. The summed E-state index contributed by atoms with van der Waals surface area (Å²) >= 11 is 1.61. The molecule has 1 rings (SSSR count). The van der Waals surface area contributed by atoms with Gasteiger partial charge in [0.1, 0.15) is 11.1 Å². The Kier molecular flexibility index (Phi) is 12.0. The number of nitrogens with zero attached hydrogens (tertiary/aromatic N) is 2. The van der Waals surface area contributed by atoms with E-state index in [1.807, 2.05) is 19.1 Å². The van der Waals surface area contributed by atoms with Crippen LogP contribution in [0.4, 0.5) is 0 Å². The van der Waals surface area contributed by atoms with Gasteiger partial charge in [-0.15, -0.1) is 11.8 Å². The van der Waals surface area contributed by atoms with Gasteiger partial charge in [-0.1, -0.05) is 19.8 Å². The minimum Gasteiger partial charge on any atom is -0.473 e. The Morgan fingerprint density at radius 1 is 1.35 bits per heavy atom. The molecule has 8 nitrogen and oxygen atoms in total. The number of pyridine rings is 1. The predicted octanol–water partition coefficient (Wildman–Crippen LogP) is 1.78. The summed E-state index contributed by atoms with van der Waals surface area (Å²) < 4.78 is 0. The lowest BCUT2D eigenvalue weighted by molar-refractivity contribution is -0.159. The third-order valence-electron chi connectivity index (χ3n) is 3.26. The van der Waals surface area contributed by atoms with Crippen LogP contribution in [0.3, 0.4) is 0 Å². The summed E-state index contributed by atoms with van der Waals surface area (Å²) in [6, 6.07) is 5.64. The summed E-state index contributed by atoms with van der Waals surface area (Å²) in [5.41, 5.74) is 7.37. The van der Waals surface area contributed by atoms with E-state index in [4.69, 9.17) is 35.9 Å². The summed E-state index contributed by atoms with van der Waals surface area (Å²) in [6.07, 6.45) is 4.00. The smallest absolute Gasteiger partial charge is 0.414 e. The molecule has 0 amide bonds. The molecule has 0 fully saturated rings. The van der Waals surface area contributed by atoms with Crippen LogP contribution in [0.1, 0.15) is 43.9 Å². The first-order valence-electron chi connectivity index (χ1n) is 8.12. The molecule has 0 aromatic carbocycles. The number of aliphatic hydroxyl groups excluding tert-OH is 1. The van der Waals surface area contributed by atoms with E-state index in [0.717, 1.165) is 36.4 Å². The summed E-state index contributed by atoms with van der Waals surface area (Å²) in [5.74, 6) is -3.65. The lowest BCUT2D eigenvalue weighted by Gasteiger charge is -2.19. The zero-order chi connectivity index (χ0) is 20.1. The Bertz CT molecular complexity index is 621. The third-order valence-corrected chi connectivity index (χ3v) is 4.56. The first-order valence-corrected chi connectivity index (χ1v) is 9.00. The van der Waals surface area contributed by atoms with Gasteiger partial charge in [-0.25, -0.2) is 14.6 Å².